The van der Waals surface area contributed by atoms with E-state index in [4.69, 9.17) is 11.6 Å². The summed E-state index contributed by atoms with van der Waals surface area (Å²) in [4.78, 5) is 18.9. The number of nitrogens with one attached hydrogen (secondary N) is 1. The van der Waals surface area contributed by atoms with Crippen LogP contribution in [0.1, 0.15) is 34.8 Å². The number of carbonyl (C=O) groups excluding carboxylic acids is 1. The molecule has 1 aromatic heterocycles. The molecule has 0 radical (unpaired) electrons. The summed E-state index contributed by atoms with van der Waals surface area (Å²) in [6.07, 6.45) is 4.01. The van der Waals surface area contributed by atoms with E-state index < -0.39 is 0 Å². The first-order valence-corrected chi connectivity index (χ1v) is 8.30. The van der Waals surface area contributed by atoms with E-state index in [2.05, 4.69) is 27.3 Å². The molecule has 120 valence electrons. The van der Waals surface area contributed by atoms with Gasteiger partial charge in [0.2, 0.25) is 0 Å². The zero-order valence-corrected chi connectivity index (χ0v) is 13.7. The van der Waals surface area contributed by atoms with Crippen molar-refractivity contribution < 1.29 is 4.79 Å². The van der Waals surface area contributed by atoms with Gasteiger partial charge in [0.05, 0.1) is 6.04 Å². The topological polar surface area (TPSA) is 45.2 Å². The van der Waals surface area contributed by atoms with Crippen molar-refractivity contribution in [1.29, 1.82) is 0 Å². The Morgan fingerprint density at radius 1 is 1.22 bits per heavy atom. The molecule has 1 amide bonds. The van der Waals surface area contributed by atoms with Gasteiger partial charge in [0.15, 0.2) is 0 Å². The van der Waals surface area contributed by atoms with E-state index in [0.29, 0.717) is 10.7 Å². The minimum Gasteiger partial charge on any atom is -0.344 e. The van der Waals surface area contributed by atoms with Gasteiger partial charge in [-0.25, -0.2) is 4.98 Å². The number of likely N-dealkylation sites (tertiary alicyclic amines) is 1. The van der Waals surface area contributed by atoms with E-state index in [1.54, 1.807) is 18.3 Å². The fraction of sp³-hybridized carbons (Fsp3) is 0.333. The van der Waals surface area contributed by atoms with Crippen molar-refractivity contribution in [3.8, 4) is 0 Å². The van der Waals surface area contributed by atoms with Gasteiger partial charge in [0, 0.05) is 18.3 Å². The van der Waals surface area contributed by atoms with Crippen LogP contribution in [-0.4, -0.2) is 35.4 Å². The van der Waals surface area contributed by atoms with Gasteiger partial charge in [-0.05, 0) is 43.6 Å². The van der Waals surface area contributed by atoms with Crippen LogP contribution in [-0.2, 0) is 0 Å². The van der Waals surface area contributed by atoms with E-state index in [0.717, 1.165) is 25.2 Å². The van der Waals surface area contributed by atoms with Gasteiger partial charge in [-0.2, -0.15) is 0 Å². The number of nitrogens with zero attached hydrogens (tertiary/aromatic N) is 2. The Morgan fingerprint density at radius 3 is 2.65 bits per heavy atom. The third-order valence-corrected chi connectivity index (χ3v) is 4.34. The number of hydrogen-bond donors (Lipinski definition) is 1. The van der Waals surface area contributed by atoms with Crippen LogP contribution in [0.25, 0.3) is 0 Å². The number of aromatic nitrogens is 1. The largest absolute Gasteiger partial charge is 0.344 e. The first-order valence-electron chi connectivity index (χ1n) is 7.92. The number of pyridine rings is 1. The van der Waals surface area contributed by atoms with Gasteiger partial charge in [-0.1, -0.05) is 41.9 Å². The maximum absolute atomic E-state index is 12.5. The molecule has 1 aliphatic heterocycles. The fourth-order valence-electron chi connectivity index (χ4n) is 2.93. The maximum atomic E-state index is 12.5. The molecule has 1 saturated heterocycles. The molecule has 3 rings (SSSR count). The molecule has 0 saturated carbocycles. The van der Waals surface area contributed by atoms with Gasteiger partial charge in [0.25, 0.3) is 5.91 Å². The SMILES string of the molecule is O=C(NC(CN1CCCC1)c1ccccc1)c1ccnc(Cl)c1. The van der Waals surface area contributed by atoms with Crippen LogP contribution in [0, 0.1) is 0 Å². The number of amides is 1. The second-order valence-electron chi connectivity index (χ2n) is 5.81. The summed E-state index contributed by atoms with van der Waals surface area (Å²) in [6, 6.07) is 13.3. The normalized spacial score (nSPS) is 16.2. The smallest absolute Gasteiger partial charge is 0.251 e. The van der Waals surface area contributed by atoms with Crippen molar-refractivity contribution in [2.24, 2.45) is 0 Å². The highest BCUT2D eigenvalue weighted by atomic mass is 35.5. The summed E-state index contributed by atoms with van der Waals surface area (Å²) < 4.78 is 0. The fourth-order valence-corrected chi connectivity index (χ4v) is 3.10. The molecule has 1 fully saturated rings. The predicted molar refractivity (Wildman–Crippen MR) is 91.6 cm³/mol. The minimum atomic E-state index is -0.123. The summed E-state index contributed by atoms with van der Waals surface area (Å²) in [5.41, 5.74) is 1.65. The Balaban J connectivity index is 1.76. The van der Waals surface area contributed by atoms with Crippen molar-refractivity contribution >= 4 is 17.5 Å². The second-order valence-corrected chi connectivity index (χ2v) is 6.20. The van der Waals surface area contributed by atoms with Crippen molar-refractivity contribution in [1.82, 2.24) is 15.2 Å². The van der Waals surface area contributed by atoms with Crippen LogP contribution < -0.4 is 5.32 Å². The molecule has 1 atom stereocenters. The Bertz CT molecular complexity index is 656. The van der Waals surface area contributed by atoms with Gasteiger partial charge >= 0.3 is 0 Å². The molecule has 0 spiro atoms. The Morgan fingerprint density at radius 2 is 1.96 bits per heavy atom. The molecule has 2 aromatic rings. The molecule has 0 aliphatic carbocycles. The maximum Gasteiger partial charge on any atom is 0.251 e. The lowest BCUT2D eigenvalue weighted by Gasteiger charge is -2.25. The van der Waals surface area contributed by atoms with Crippen molar-refractivity contribution in [2.45, 2.75) is 18.9 Å². The Kier molecular flexibility index (Phi) is 5.26. The second kappa shape index (κ2) is 7.57. The molecule has 5 heteroatoms. The summed E-state index contributed by atoms with van der Waals surface area (Å²) in [5.74, 6) is -0.123. The summed E-state index contributed by atoms with van der Waals surface area (Å²) >= 11 is 5.88. The van der Waals surface area contributed by atoms with Crippen molar-refractivity contribution in [3.63, 3.8) is 0 Å². The highest BCUT2D eigenvalue weighted by molar-refractivity contribution is 6.29. The highest BCUT2D eigenvalue weighted by Crippen LogP contribution is 2.18. The number of halogens is 1. The van der Waals surface area contributed by atoms with E-state index in [1.165, 1.54) is 12.8 Å². The molecule has 1 aromatic carbocycles. The highest BCUT2D eigenvalue weighted by Gasteiger charge is 2.21. The van der Waals surface area contributed by atoms with E-state index in [-0.39, 0.29) is 11.9 Å². The summed E-state index contributed by atoms with van der Waals surface area (Å²) in [7, 11) is 0. The molecular weight excluding hydrogens is 310 g/mol. The number of rotatable bonds is 5. The van der Waals surface area contributed by atoms with E-state index >= 15 is 0 Å². The molecule has 2 heterocycles. The van der Waals surface area contributed by atoms with E-state index in [1.807, 2.05) is 18.2 Å². The van der Waals surface area contributed by atoms with Crippen LogP contribution in [0.3, 0.4) is 0 Å². The number of benzene rings is 1. The number of hydrogen-bond acceptors (Lipinski definition) is 3. The standard InChI is InChI=1S/C18H20ClN3O/c19-17-12-15(8-9-20-17)18(23)21-16(13-22-10-4-5-11-22)14-6-2-1-3-7-14/h1-3,6-9,12,16H,4-5,10-11,13H2,(H,21,23). The quantitative estimate of drug-likeness (QED) is 0.856. The van der Waals surface area contributed by atoms with Gasteiger partial charge in [0.1, 0.15) is 5.15 Å². The minimum absolute atomic E-state index is 0.0336. The Labute approximate surface area is 141 Å². The molecule has 1 aliphatic rings. The Hall–Kier alpha value is -1.91. The monoisotopic (exact) mass is 329 g/mol. The lowest BCUT2D eigenvalue weighted by molar-refractivity contribution is 0.0927. The first-order chi connectivity index (χ1) is 11.2. The van der Waals surface area contributed by atoms with Gasteiger partial charge in [-0.15, -0.1) is 0 Å². The zero-order chi connectivity index (χ0) is 16.1. The van der Waals surface area contributed by atoms with E-state index in [9.17, 15) is 4.79 Å². The van der Waals surface area contributed by atoms with Crippen LogP contribution in [0.5, 0.6) is 0 Å². The van der Waals surface area contributed by atoms with Gasteiger partial charge < -0.3 is 10.2 Å². The lowest BCUT2D eigenvalue weighted by Crippen LogP contribution is -2.37. The van der Waals surface area contributed by atoms with Crippen LogP contribution >= 0.6 is 11.6 Å². The molecule has 23 heavy (non-hydrogen) atoms. The average molecular weight is 330 g/mol. The third kappa shape index (κ3) is 4.30. The zero-order valence-electron chi connectivity index (χ0n) is 12.9. The summed E-state index contributed by atoms with van der Waals surface area (Å²) in [5, 5.41) is 3.46. The molecule has 0 bridgehead atoms. The molecule has 4 nitrogen and oxygen atoms in total. The van der Waals surface area contributed by atoms with Crippen LogP contribution in [0.15, 0.2) is 48.7 Å². The number of carbonyl (C=O) groups is 1. The third-order valence-electron chi connectivity index (χ3n) is 4.14. The van der Waals surface area contributed by atoms with Crippen molar-refractivity contribution in [2.75, 3.05) is 19.6 Å². The molecule has 1 N–H and O–H groups in total. The van der Waals surface area contributed by atoms with Crippen LogP contribution in [0.4, 0.5) is 0 Å². The summed E-state index contributed by atoms with van der Waals surface area (Å²) in [6.45, 7) is 3.02. The van der Waals surface area contributed by atoms with Gasteiger partial charge in [-0.3, -0.25) is 4.79 Å². The predicted octanol–water partition coefficient (Wildman–Crippen LogP) is 3.30. The van der Waals surface area contributed by atoms with Crippen LogP contribution in [0.2, 0.25) is 5.15 Å². The molecule has 1 unspecified atom stereocenters. The first kappa shape index (κ1) is 16.0. The average Bonchev–Trinajstić information content (AvgIpc) is 3.08. The van der Waals surface area contributed by atoms with Crippen molar-refractivity contribution in [3.05, 3.63) is 64.9 Å². The molecular formula is C18H20ClN3O. The lowest BCUT2D eigenvalue weighted by atomic mass is 10.1.